The van der Waals surface area contributed by atoms with E-state index in [0.717, 1.165) is 5.56 Å². The van der Waals surface area contributed by atoms with Gasteiger partial charge in [0.05, 0.1) is 17.2 Å². The number of benzene rings is 1. The van der Waals surface area contributed by atoms with Gasteiger partial charge in [-0.05, 0) is 24.1 Å². The summed E-state index contributed by atoms with van der Waals surface area (Å²) in [7, 11) is -2.57. The van der Waals surface area contributed by atoms with Crippen molar-refractivity contribution in [2.24, 2.45) is 0 Å². The average Bonchev–Trinajstić information content (AvgIpc) is 2.14. The van der Waals surface area contributed by atoms with Crippen LogP contribution in [0, 0.1) is 0 Å². The van der Waals surface area contributed by atoms with Gasteiger partial charge >= 0.3 is 29.6 Å². The number of rotatable bonds is 4. The van der Waals surface area contributed by atoms with Crippen LogP contribution in [0.15, 0.2) is 24.3 Å². The molecule has 0 spiro atoms. The Morgan fingerprint density at radius 1 is 1.27 bits per heavy atom. The second-order valence-corrected chi connectivity index (χ2v) is 4.38. The van der Waals surface area contributed by atoms with Crippen molar-refractivity contribution in [3.05, 3.63) is 29.8 Å². The van der Waals surface area contributed by atoms with Crippen molar-refractivity contribution < 1.29 is 47.3 Å². The van der Waals surface area contributed by atoms with Crippen molar-refractivity contribution in [1.29, 1.82) is 0 Å². The van der Waals surface area contributed by atoms with Crippen molar-refractivity contribution in [1.82, 2.24) is 0 Å². The van der Waals surface area contributed by atoms with Gasteiger partial charge in [0.25, 0.3) is 0 Å². The van der Waals surface area contributed by atoms with Crippen LogP contribution in [0.25, 0.3) is 0 Å². The molecule has 0 heterocycles. The van der Waals surface area contributed by atoms with E-state index in [9.17, 15) is 13.0 Å². The van der Waals surface area contributed by atoms with Crippen LogP contribution in [0.1, 0.15) is 5.56 Å². The zero-order valence-corrected chi connectivity index (χ0v) is 11.6. The van der Waals surface area contributed by atoms with E-state index >= 15 is 0 Å². The Balaban J connectivity index is 0.00000196. The zero-order valence-electron chi connectivity index (χ0n) is 8.76. The first-order valence-electron chi connectivity index (χ1n) is 4.08. The molecule has 0 amide bonds. The molecule has 0 fully saturated rings. The molecule has 0 aromatic heterocycles. The first-order valence-corrected chi connectivity index (χ1v) is 5.65. The predicted molar refractivity (Wildman–Crippen MR) is 51.3 cm³/mol. The van der Waals surface area contributed by atoms with Crippen LogP contribution in [0.3, 0.4) is 0 Å². The van der Waals surface area contributed by atoms with Gasteiger partial charge in [-0.2, -0.15) is 0 Å². The number of methoxy groups -OCH3 is 1. The monoisotopic (exact) mass is 238 g/mol. The number of hydrogen-bond acceptors (Lipinski definition) is 4. The van der Waals surface area contributed by atoms with Gasteiger partial charge in [0.1, 0.15) is 5.75 Å². The molecule has 6 heteroatoms. The van der Waals surface area contributed by atoms with Crippen LogP contribution in [-0.4, -0.2) is 25.8 Å². The number of ether oxygens (including phenoxy) is 1. The zero-order chi connectivity index (χ0) is 10.6. The molecule has 15 heavy (non-hydrogen) atoms. The summed E-state index contributed by atoms with van der Waals surface area (Å²) < 4.78 is 36.0. The molecule has 0 unspecified atom stereocenters. The molecule has 0 bridgehead atoms. The summed E-state index contributed by atoms with van der Waals surface area (Å²) in [6.45, 7) is 0. The quantitative estimate of drug-likeness (QED) is 0.440. The minimum absolute atomic E-state index is 0. The van der Waals surface area contributed by atoms with Crippen molar-refractivity contribution >= 4 is 10.1 Å². The Labute approximate surface area is 112 Å². The Morgan fingerprint density at radius 3 is 2.20 bits per heavy atom. The molecular weight excluding hydrogens is 227 g/mol. The minimum Gasteiger partial charge on any atom is -0.748 e. The summed E-state index contributed by atoms with van der Waals surface area (Å²) in [6.07, 6.45) is 0.246. The molecule has 0 aliphatic carbocycles. The van der Waals surface area contributed by atoms with E-state index in [1.807, 2.05) is 0 Å². The van der Waals surface area contributed by atoms with Gasteiger partial charge in [0.15, 0.2) is 0 Å². The molecule has 1 rings (SSSR count). The fraction of sp³-hybridized carbons (Fsp3) is 0.333. The van der Waals surface area contributed by atoms with Crippen LogP contribution in [0.5, 0.6) is 5.75 Å². The molecule has 0 N–H and O–H groups in total. The van der Waals surface area contributed by atoms with Gasteiger partial charge in [0.2, 0.25) is 0 Å². The van der Waals surface area contributed by atoms with Crippen LogP contribution in [0.4, 0.5) is 0 Å². The third-order valence-electron chi connectivity index (χ3n) is 1.80. The van der Waals surface area contributed by atoms with Gasteiger partial charge in [-0.15, -0.1) is 0 Å². The van der Waals surface area contributed by atoms with Crippen molar-refractivity contribution in [2.45, 2.75) is 6.42 Å². The van der Waals surface area contributed by atoms with Crippen molar-refractivity contribution in [3.63, 3.8) is 0 Å². The maximum absolute atomic E-state index is 10.3. The first kappa shape index (κ1) is 14.9. The Hall–Kier alpha value is -0.0700. The first-order chi connectivity index (χ1) is 6.51. The minimum atomic E-state index is -4.12. The second kappa shape index (κ2) is 6.50. The van der Waals surface area contributed by atoms with E-state index in [1.54, 1.807) is 31.4 Å². The maximum atomic E-state index is 10.3. The second-order valence-electron chi connectivity index (χ2n) is 2.86. The molecule has 0 atom stereocenters. The summed E-state index contributed by atoms with van der Waals surface area (Å²) in [5.74, 6) is 0.345. The third kappa shape index (κ3) is 6.17. The average molecular weight is 238 g/mol. The largest absolute Gasteiger partial charge is 1.00 e. The number of aryl methyl sites for hydroxylation is 1. The molecule has 0 saturated heterocycles. The van der Waals surface area contributed by atoms with E-state index in [2.05, 4.69) is 0 Å². The smallest absolute Gasteiger partial charge is 0.748 e. The summed E-state index contributed by atoms with van der Waals surface area (Å²) in [4.78, 5) is 0. The van der Waals surface area contributed by atoms with Gasteiger partial charge in [-0.3, -0.25) is 0 Å². The van der Waals surface area contributed by atoms with E-state index in [-0.39, 0.29) is 41.7 Å². The summed E-state index contributed by atoms with van der Waals surface area (Å²) in [6, 6.07) is 6.94. The van der Waals surface area contributed by atoms with Gasteiger partial charge in [-0.1, -0.05) is 12.1 Å². The predicted octanol–water partition coefficient (Wildman–Crippen LogP) is -2.21. The number of hydrogen-bond donors (Lipinski definition) is 0. The Morgan fingerprint density at radius 2 is 1.80 bits per heavy atom. The van der Waals surface area contributed by atoms with Gasteiger partial charge < -0.3 is 9.29 Å². The topological polar surface area (TPSA) is 66.4 Å². The summed E-state index contributed by atoms with van der Waals surface area (Å²) in [5.41, 5.74) is 0.810. The van der Waals surface area contributed by atoms with Crippen molar-refractivity contribution in [3.8, 4) is 5.75 Å². The normalized spacial score (nSPS) is 10.5. The molecule has 78 valence electrons. The fourth-order valence-electron chi connectivity index (χ4n) is 1.04. The summed E-state index contributed by atoms with van der Waals surface area (Å²) in [5, 5.41) is 0. The van der Waals surface area contributed by atoms with Crippen LogP contribution in [0.2, 0.25) is 0 Å². The molecule has 0 radical (unpaired) electrons. The molecule has 4 nitrogen and oxygen atoms in total. The van der Waals surface area contributed by atoms with Gasteiger partial charge in [-0.25, -0.2) is 8.42 Å². The van der Waals surface area contributed by atoms with Crippen molar-refractivity contribution in [2.75, 3.05) is 12.9 Å². The SMILES string of the molecule is COc1ccc(CCS(=O)(=O)[O-])cc1.[Na+]. The third-order valence-corrected chi connectivity index (χ3v) is 2.50. The van der Waals surface area contributed by atoms with Gasteiger partial charge in [0, 0.05) is 5.75 Å². The molecular formula is C9H11NaO4S. The van der Waals surface area contributed by atoms with Crippen LogP contribution in [-0.2, 0) is 16.5 Å². The summed E-state index contributed by atoms with van der Waals surface area (Å²) >= 11 is 0. The van der Waals surface area contributed by atoms with E-state index < -0.39 is 10.1 Å². The van der Waals surface area contributed by atoms with Crippen LogP contribution >= 0.6 is 0 Å². The van der Waals surface area contributed by atoms with E-state index in [0.29, 0.717) is 5.75 Å². The standard InChI is InChI=1S/C9H12O4S.Na/c1-13-9-4-2-8(3-5-9)6-7-14(10,11)12;/h2-5H,6-7H2,1H3,(H,10,11,12);/q;+1/p-1. The maximum Gasteiger partial charge on any atom is 1.00 e. The van der Waals surface area contributed by atoms with E-state index in [4.69, 9.17) is 4.74 Å². The molecule has 1 aromatic carbocycles. The fourth-order valence-corrected chi connectivity index (χ4v) is 1.52. The Kier molecular flexibility index (Phi) is 6.47. The van der Waals surface area contributed by atoms with Crippen LogP contribution < -0.4 is 34.3 Å². The molecule has 0 aliphatic heterocycles. The Bertz CT molecular complexity index is 385. The molecule has 0 aliphatic rings. The molecule has 0 saturated carbocycles. The molecule has 1 aromatic rings. The van der Waals surface area contributed by atoms with E-state index in [1.165, 1.54) is 0 Å².